The summed E-state index contributed by atoms with van der Waals surface area (Å²) in [6, 6.07) is 14.7. The Kier molecular flexibility index (Phi) is 8.07. The number of carbonyl (C=O) groups is 2. The summed E-state index contributed by atoms with van der Waals surface area (Å²) >= 11 is 6.36. The summed E-state index contributed by atoms with van der Waals surface area (Å²) in [5.41, 5.74) is 3.02. The number of amides is 1. The molecule has 0 saturated carbocycles. The average molecular weight is 444 g/mol. The molecule has 0 bridgehead atoms. The smallest absolute Gasteiger partial charge is 0.327 e. The molecule has 1 fully saturated rings. The standard InChI is InChI=1S/C24H30ClN3O3/c1-17-8-10-19(11-9-17)16-26-23(29)18(2)27-12-14-28(15-13-27)22(24(30)31-3)20-6-4-5-7-21(20)25/h4-11,18,22H,12-16H2,1-3H3,(H,26,29). The van der Waals surface area contributed by atoms with Crippen molar-refractivity contribution in [2.45, 2.75) is 32.5 Å². The highest BCUT2D eigenvalue weighted by molar-refractivity contribution is 6.31. The molecule has 0 spiro atoms. The van der Waals surface area contributed by atoms with E-state index < -0.39 is 6.04 Å². The molecule has 166 valence electrons. The third-order valence-corrected chi connectivity index (χ3v) is 6.20. The van der Waals surface area contributed by atoms with Crippen molar-refractivity contribution in [2.24, 2.45) is 0 Å². The van der Waals surface area contributed by atoms with E-state index >= 15 is 0 Å². The highest BCUT2D eigenvalue weighted by atomic mass is 35.5. The van der Waals surface area contributed by atoms with Crippen LogP contribution >= 0.6 is 11.6 Å². The molecule has 1 amide bonds. The number of benzene rings is 2. The third-order valence-electron chi connectivity index (χ3n) is 5.85. The maximum absolute atomic E-state index is 12.7. The third kappa shape index (κ3) is 5.85. The lowest BCUT2D eigenvalue weighted by Gasteiger charge is -2.40. The Bertz CT molecular complexity index is 895. The van der Waals surface area contributed by atoms with Gasteiger partial charge >= 0.3 is 5.97 Å². The number of piperazine rings is 1. The zero-order chi connectivity index (χ0) is 22.4. The summed E-state index contributed by atoms with van der Waals surface area (Å²) in [5.74, 6) is -0.324. The predicted molar refractivity (Wildman–Crippen MR) is 122 cm³/mol. The first kappa shape index (κ1) is 23.3. The number of methoxy groups -OCH3 is 1. The summed E-state index contributed by atoms with van der Waals surface area (Å²) < 4.78 is 5.05. The molecule has 0 aromatic heterocycles. The van der Waals surface area contributed by atoms with Crippen LogP contribution in [0.25, 0.3) is 0 Å². The zero-order valence-corrected chi connectivity index (χ0v) is 19.1. The van der Waals surface area contributed by atoms with Gasteiger partial charge in [-0.05, 0) is 31.0 Å². The number of hydrogen-bond acceptors (Lipinski definition) is 5. The molecule has 7 heteroatoms. The van der Waals surface area contributed by atoms with Gasteiger partial charge in [-0.3, -0.25) is 14.6 Å². The number of ether oxygens (including phenoxy) is 1. The van der Waals surface area contributed by atoms with Crippen molar-refractivity contribution < 1.29 is 14.3 Å². The van der Waals surface area contributed by atoms with Gasteiger partial charge in [-0.1, -0.05) is 59.6 Å². The first-order chi connectivity index (χ1) is 14.9. The summed E-state index contributed by atoms with van der Waals surface area (Å²) in [7, 11) is 1.39. The first-order valence-electron chi connectivity index (χ1n) is 10.5. The Hall–Kier alpha value is -2.41. The predicted octanol–water partition coefficient (Wildman–Crippen LogP) is 3.19. The van der Waals surface area contributed by atoms with Crippen LogP contribution in [0.1, 0.15) is 29.7 Å². The van der Waals surface area contributed by atoms with Gasteiger partial charge in [0, 0.05) is 37.7 Å². The van der Waals surface area contributed by atoms with Crippen molar-refractivity contribution in [3.63, 3.8) is 0 Å². The fourth-order valence-electron chi connectivity index (χ4n) is 3.87. The van der Waals surface area contributed by atoms with Crippen molar-refractivity contribution in [3.8, 4) is 0 Å². The first-order valence-corrected chi connectivity index (χ1v) is 10.9. The van der Waals surface area contributed by atoms with Crippen LogP contribution < -0.4 is 5.32 Å². The van der Waals surface area contributed by atoms with Crippen molar-refractivity contribution in [1.82, 2.24) is 15.1 Å². The monoisotopic (exact) mass is 443 g/mol. The molecule has 2 aromatic rings. The van der Waals surface area contributed by atoms with E-state index in [1.165, 1.54) is 12.7 Å². The Morgan fingerprint density at radius 2 is 1.65 bits per heavy atom. The largest absolute Gasteiger partial charge is 0.468 e. The van der Waals surface area contributed by atoms with Crippen molar-refractivity contribution in [3.05, 3.63) is 70.2 Å². The molecular formula is C24H30ClN3O3. The second-order valence-corrected chi connectivity index (χ2v) is 8.31. The van der Waals surface area contributed by atoms with Crippen LogP contribution in [0.15, 0.2) is 48.5 Å². The molecule has 31 heavy (non-hydrogen) atoms. The zero-order valence-electron chi connectivity index (χ0n) is 18.3. The van der Waals surface area contributed by atoms with Gasteiger partial charge in [0.2, 0.25) is 5.91 Å². The van der Waals surface area contributed by atoms with Crippen LogP contribution in [0, 0.1) is 6.92 Å². The van der Waals surface area contributed by atoms with E-state index in [0.717, 1.165) is 11.1 Å². The van der Waals surface area contributed by atoms with E-state index in [1.807, 2.05) is 56.3 Å². The fraction of sp³-hybridized carbons (Fsp3) is 0.417. The highest BCUT2D eigenvalue weighted by Gasteiger charge is 2.34. The molecule has 3 rings (SSSR count). The van der Waals surface area contributed by atoms with Crippen LogP contribution in [-0.4, -0.2) is 61.0 Å². The fourth-order valence-corrected chi connectivity index (χ4v) is 4.11. The molecular weight excluding hydrogens is 414 g/mol. The topological polar surface area (TPSA) is 61.9 Å². The van der Waals surface area contributed by atoms with Gasteiger partial charge in [-0.2, -0.15) is 0 Å². The minimum Gasteiger partial charge on any atom is -0.468 e. The van der Waals surface area contributed by atoms with Gasteiger partial charge in [0.05, 0.1) is 13.2 Å². The lowest BCUT2D eigenvalue weighted by molar-refractivity contribution is -0.148. The quantitative estimate of drug-likeness (QED) is 0.666. The van der Waals surface area contributed by atoms with E-state index in [9.17, 15) is 9.59 Å². The molecule has 1 heterocycles. The molecule has 0 aliphatic carbocycles. The molecule has 1 aliphatic rings. The molecule has 6 nitrogen and oxygen atoms in total. The van der Waals surface area contributed by atoms with Gasteiger partial charge in [-0.25, -0.2) is 4.79 Å². The number of nitrogens with one attached hydrogen (secondary N) is 1. The molecule has 2 aromatic carbocycles. The number of halogens is 1. The Morgan fingerprint density at radius 1 is 1.03 bits per heavy atom. The van der Waals surface area contributed by atoms with E-state index in [-0.39, 0.29) is 17.9 Å². The van der Waals surface area contributed by atoms with E-state index in [2.05, 4.69) is 15.1 Å². The van der Waals surface area contributed by atoms with Crippen LogP contribution in [0.4, 0.5) is 0 Å². The number of esters is 1. The number of aryl methyl sites for hydroxylation is 1. The number of carbonyl (C=O) groups excluding carboxylic acids is 2. The number of rotatable bonds is 7. The molecule has 1 saturated heterocycles. The van der Waals surface area contributed by atoms with Crippen LogP contribution in [0.5, 0.6) is 0 Å². The van der Waals surface area contributed by atoms with Gasteiger partial charge in [0.1, 0.15) is 6.04 Å². The van der Waals surface area contributed by atoms with Gasteiger partial charge in [0.25, 0.3) is 0 Å². The van der Waals surface area contributed by atoms with Crippen LogP contribution in [0.3, 0.4) is 0 Å². The molecule has 1 aliphatic heterocycles. The number of hydrogen-bond donors (Lipinski definition) is 1. The lowest BCUT2D eigenvalue weighted by Crippen LogP contribution is -2.55. The Balaban J connectivity index is 1.58. The van der Waals surface area contributed by atoms with Gasteiger partial charge in [0.15, 0.2) is 0 Å². The minimum atomic E-state index is -0.550. The Labute approximate surface area is 189 Å². The SMILES string of the molecule is COC(=O)C(c1ccccc1Cl)N1CCN(C(C)C(=O)NCc2ccc(C)cc2)CC1. The maximum atomic E-state index is 12.7. The maximum Gasteiger partial charge on any atom is 0.327 e. The molecule has 0 radical (unpaired) electrons. The lowest BCUT2D eigenvalue weighted by atomic mass is 10.0. The Morgan fingerprint density at radius 3 is 2.26 bits per heavy atom. The normalized spacial score (nSPS) is 17.0. The minimum absolute atomic E-state index is 0.00430. The van der Waals surface area contributed by atoms with Crippen molar-refractivity contribution >= 4 is 23.5 Å². The summed E-state index contributed by atoms with van der Waals surface area (Å²) in [6.07, 6.45) is 0. The van der Waals surface area contributed by atoms with Crippen LogP contribution in [-0.2, 0) is 20.9 Å². The van der Waals surface area contributed by atoms with Gasteiger partial charge < -0.3 is 10.1 Å². The highest BCUT2D eigenvalue weighted by Crippen LogP contribution is 2.29. The average Bonchev–Trinajstić information content (AvgIpc) is 2.79. The summed E-state index contributed by atoms with van der Waals surface area (Å²) in [6.45, 7) is 7.11. The molecule has 2 unspecified atom stereocenters. The van der Waals surface area contributed by atoms with E-state index in [1.54, 1.807) is 6.07 Å². The van der Waals surface area contributed by atoms with E-state index in [0.29, 0.717) is 37.7 Å². The summed E-state index contributed by atoms with van der Waals surface area (Å²) in [4.78, 5) is 29.4. The van der Waals surface area contributed by atoms with E-state index in [4.69, 9.17) is 16.3 Å². The van der Waals surface area contributed by atoms with Crippen LogP contribution in [0.2, 0.25) is 5.02 Å². The second-order valence-electron chi connectivity index (χ2n) is 7.90. The van der Waals surface area contributed by atoms with Crippen molar-refractivity contribution in [2.75, 3.05) is 33.3 Å². The van der Waals surface area contributed by atoms with Crippen molar-refractivity contribution in [1.29, 1.82) is 0 Å². The molecule has 2 atom stereocenters. The second kappa shape index (κ2) is 10.8. The van der Waals surface area contributed by atoms with Gasteiger partial charge in [-0.15, -0.1) is 0 Å². The molecule has 1 N–H and O–H groups in total. The summed E-state index contributed by atoms with van der Waals surface area (Å²) in [5, 5.41) is 3.57. The number of nitrogens with zero attached hydrogens (tertiary/aromatic N) is 2.